The molecule has 0 aliphatic carbocycles. The van der Waals surface area contributed by atoms with E-state index in [1.807, 2.05) is 0 Å². The van der Waals surface area contributed by atoms with Gasteiger partial charge < -0.3 is 39.0 Å². The van der Waals surface area contributed by atoms with Crippen LogP contribution in [0.25, 0.3) is 0 Å². The van der Waals surface area contributed by atoms with Crippen molar-refractivity contribution in [2.45, 2.75) is 263 Å². The Balaban J connectivity index is 2.73. The van der Waals surface area contributed by atoms with Crippen LogP contribution in [0.1, 0.15) is 226 Å². The lowest BCUT2D eigenvalue weighted by Gasteiger charge is -2.40. The number of carboxylic acid groups (broad SMARTS) is 1. The van der Waals surface area contributed by atoms with Crippen LogP contribution >= 0.6 is 0 Å². The third-order valence-corrected chi connectivity index (χ3v) is 12.0. The molecule has 69 heavy (non-hydrogen) atoms. The van der Waals surface area contributed by atoms with Crippen LogP contribution in [0.4, 0.5) is 0 Å². The average molecular weight is 973 g/mol. The molecule has 1 aliphatic heterocycles. The lowest BCUT2D eigenvalue weighted by atomic mass is 9.98. The number of carbonyl (C=O) groups is 4. The predicted octanol–water partition coefficient (Wildman–Crippen LogP) is 13.2. The summed E-state index contributed by atoms with van der Waals surface area (Å²) in [6, 6.07) is 0. The van der Waals surface area contributed by atoms with Gasteiger partial charge in [0.15, 0.2) is 24.6 Å². The first kappa shape index (κ1) is 63.4. The smallest absolute Gasteiger partial charge is 0.335 e. The minimum absolute atomic E-state index is 0.0411. The number of hydrogen-bond acceptors (Lipinski definition) is 11. The van der Waals surface area contributed by atoms with Crippen LogP contribution in [0.15, 0.2) is 60.8 Å². The van der Waals surface area contributed by atoms with Gasteiger partial charge >= 0.3 is 23.9 Å². The molecule has 1 fully saturated rings. The van der Waals surface area contributed by atoms with Gasteiger partial charge in [0, 0.05) is 19.3 Å². The summed E-state index contributed by atoms with van der Waals surface area (Å²) in [7, 11) is 0. The molecule has 1 aliphatic rings. The normalized spacial score (nSPS) is 19.1. The van der Waals surface area contributed by atoms with Crippen LogP contribution in [0.3, 0.4) is 0 Å². The fourth-order valence-electron chi connectivity index (χ4n) is 7.77. The van der Waals surface area contributed by atoms with Crippen molar-refractivity contribution in [3.05, 3.63) is 60.8 Å². The van der Waals surface area contributed by atoms with Crippen LogP contribution in [0, 0.1) is 0 Å². The zero-order chi connectivity index (χ0) is 50.4. The van der Waals surface area contributed by atoms with E-state index in [4.69, 9.17) is 23.7 Å². The highest BCUT2D eigenvalue weighted by Gasteiger charge is 2.50. The van der Waals surface area contributed by atoms with Crippen molar-refractivity contribution < 1.29 is 58.2 Å². The summed E-state index contributed by atoms with van der Waals surface area (Å²) in [6.45, 7) is 5.81. The molecule has 6 atom stereocenters. The molecule has 0 spiro atoms. The molecule has 12 nitrogen and oxygen atoms in total. The number of aliphatic hydroxyl groups excluding tert-OH is 2. The molecule has 0 saturated carbocycles. The highest BCUT2D eigenvalue weighted by Crippen LogP contribution is 2.26. The summed E-state index contributed by atoms with van der Waals surface area (Å²) in [5.41, 5.74) is 0. The molecule has 3 N–H and O–H groups in total. The second-order valence-electron chi connectivity index (χ2n) is 18.5. The lowest BCUT2D eigenvalue weighted by Crippen LogP contribution is -2.61. The first-order valence-corrected chi connectivity index (χ1v) is 27.3. The number of rotatable bonds is 45. The maximum absolute atomic E-state index is 13.1. The van der Waals surface area contributed by atoms with Gasteiger partial charge in [-0.3, -0.25) is 14.4 Å². The summed E-state index contributed by atoms with van der Waals surface area (Å²) < 4.78 is 28.3. The summed E-state index contributed by atoms with van der Waals surface area (Å²) in [4.78, 5) is 50.9. The van der Waals surface area contributed by atoms with Crippen molar-refractivity contribution in [2.75, 3.05) is 13.2 Å². The molecular formula is C57H96O12. The fraction of sp³-hybridized carbons (Fsp3) is 0.754. The quantitative estimate of drug-likeness (QED) is 0.0228. The van der Waals surface area contributed by atoms with E-state index < -0.39 is 67.3 Å². The zero-order valence-corrected chi connectivity index (χ0v) is 43.3. The van der Waals surface area contributed by atoms with Gasteiger partial charge in [-0.2, -0.15) is 0 Å². The molecule has 0 amide bonds. The summed E-state index contributed by atoms with van der Waals surface area (Å²) in [5, 5.41) is 31.3. The second-order valence-corrected chi connectivity index (χ2v) is 18.5. The van der Waals surface area contributed by atoms with Gasteiger partial charge in [-0.25, -0.2) is 4.79 Å². The van der Waals surface area contributed by atoms with Crippen LogP contribution < -0.4 is 0 Å². The number of hydrogen-bond donors (Lipinski definition) is 3. The fourth-order valence-corrected chi connectivity index (χ4v) is 7.77. The van der Waals surface area contributed by atoms with E-state index in [9.17, 15) is 34.5 Å². The van der Waals surface area contributed by atoms with Crippen molar-refractivity contribution in [3.63, 3.8) is 0 Å². The van der Waals surface area contributed by atoms with Crippen molar-refractivity contribution >= 4 is 23.9 Å². The molecule has 0 aromatic heterocycles. The first-order valence-electron chi connectivity index (χ1n) is 27.3. The number of aliphatic carboxylic acids is 1. The van der Waals surface area contributed by atoms with E-state index >= 15 is 0 Å². The molecule has 0 aromatic carbocycles. The topological polar surface area (TPSA) is 175 Å². The Morgan fingerprint density at radius 1 is 0.478 bits per heavy atom. The van der Waals surface area contributed by atoms with Crippen molar-refractivity contribution in [3.8, 4) is 0 Å². The highest BCUT2D eigenvalue weighted by molar-refractivity contribution is 5.74. The van der Waals surface area contributed by atoms with Crippen molar-refractivity contribution in [2.24, 2.45) is 0 Å². The Morgan fingerprint density at radius 2 is 0.913 bits per heavy atom. The van der Waals surface area contributed by atoms with Crippen molar-refractivity contribution in [1.29, 1.82) is 0 Å². The predicted molar refractivity (Wildman–Crippen MR) is 275 cm³/mol. The van der Waals surface area contributed by atoms with E-state index in [1.54, 1.807) is 0 Å². The van der Waals surface area contributed by atoms with E-state index in [-0.39, 0.29) is 25.9 Å². The Hall–Kier alpha value is -3.58. The number of ether oxygens (including phenoxy) is 5. The number of esters is 3. The van der Waals surface area contributed by atoms with Gasteiger partial charge in [-0.1, -0.05) is 171 Å². The van der Waals surface area contributed by atoms with Gasteiger partial charge in [0.25, 0.3) is 0 Å². The van der Waals surface area contributed by atoms with Gasteiger partial charge in [0.05, 0.1) is 6.61 Å². The summed E-state index contributed by atoms with van der Waals surface area (Å²) >= 11 is 0. The molecule has 0 bridgehead atoms. The minimum Gasteiger partial charge on any atom is -0.479 e. The second kappa shape index (κ2) is 45.6. The number of carbonyl (C=O) groups excluding carboxylic acids is 3. The van der Waals surface area contributed by atoms with E-state index in [0.29, 0.717) is 19.3 Å². The monoisotopic (exact) mass is 973 g/mol. The summed E-state index contributed by atoms with van der Waals surface area (Å²) in [6.07, 6.45) is 42.0. The number of allylic oxidation sites excluding steroid dienone is 10. The molecule has 12 heteroatoms. The van der Waals surface area contributed by atoms with Gasteiger partial charge in [-0.05, 0) is 96.3 Å². The molecule has 0 aromatic rings. The Bertz CT molecular complexity index is 1440. The minimum atomic E-state index is -1.91. The largest absolute Gasteiger partial charge is 0.479 e. The molecule has 1 rings (SSSR count). The first-order chi connectivity index (χ1) is 33.6. The number of carboxylic acids is 1. The van der Waals surface area contributed by atoms with Gasteiger partial charge in [0.1, 0.15) is 18.8 Å². The molecular weight excluding hydrogens is 877 g/mol. The van der Waals surface area contributed by atoms with E-state index in [2.05, 4.69) is 81.5 Å². The van der Waals surface area contributed by atoms with E-state index in [1.165, 1.54) is 32.1 Å². The van der Waals surface area contributed by atoms with Crippen LogP contribution in [-0.2, 0) is 42.9 Å². The summed E-state index contributed by atoms with van der Waals surface area (Å²) in [5.74, 6) is -3.17. The third-order valence-electron chi connectivity index (χ3n) is 12.0. The molecule has 1 saturated heterocycles. The van der Waals surface area contributed by atoms with Crippen molar-refractivity contribution in [1.82, 2.24) is 0 Å². The highest BCUT2D eigenvalue weighted by atomic mass is 16.7. The molecule has 396 valence electrons. The average Bonchev–Trinajstić information content (AvgIpc) is 3.33. The third kappa shape index (κ3) is 36.1. The zero-order valence-electron chi connectivity index (χ0n) is 43.3. The number of unbranched alkanes of at least 4 members (excludes halogenated alkanes) is 21. The SMILES string of the molecule is CCC/C=C\C/C=C\CCCCCCCC(=O)OC1C(OCC(COC(=O)CCCCCCC/C=C\C/C=C\CCCCC)OC(=O)CCCCCCC/C=C\CCCC)OC(C(=O)O)C(O)C1O. The van der Waals surface area contributed by atoms with Crippen LogP contribution in [0.2, 0.25) is 0 Å². The Morgan fingerprint density at radius 3 is 1.42 bits per heavy atom. The maximum atomic E-state index is 13.1. The van der Waals surface area contributed by atoms with Crippen LogP contribution in [0.5, 0.6) is 0 Å². The van der Waals surface area contributed by atoms with Gasteiger partial charge in [-0.15, -0.1) is 0 Å². The molecule has 1 heterocycles. The van der Waals surface area contributed by atoms with Gasteiger partial charge in [0.2, 0.25) is 0 Å². The maximum Gasteiger partial charge on any atom is 0.335 e. The standard InChI is InChI=1S/C57H96O12/c1-4-7-10-13-16-19-22-24-25-27-29-31-34-37-40-43-49(58)65-46-48(67-50(59)44-41-38-35-32-28-21-18-15-12-9-6-3)47-66-57-55(53(62)52(61)54(69-57)56(63)64)68-51(60)45-42-39-36-33-30-26-23-20-17-14-11-8-5-2/h11,14-16,18-20,23-25,48,52-55,57,61-62H,4-10,12-13,17,21-22,26-47H2,1-3H3,(H,63,64)/b14-11-,18-15-,19-16-,23-20-,25-24-. The number of aliphatic hydroxyl groups is 2. The van der Waals surface area contributed by atoms with E-state index in [0.717, 1.165) is 135 Å². The Kier molecular flexibility index (Phi) is 41.9. The van der Waals surface area contributed by atoms with Crippen LogP contribution in [-0.4, -0.2) is 89.2 Å². The Labute approximate surface area is 417 Å². The lowest BCUT2D eigenvalue weighted by molar-refractivity contribution is -0.301. The molecule has 0 radical (unpaired) electrons. The molecule has 6 unspecified atom stereocenters.